The van der Waals surface area contributed by atoms with Crippen molar-refractivity contribution in [3.05, 3.63) is 72.3 Å². The van der Waals surface area contributed by atoms with E-state index in [0.717, 1.165) is 31.8 Å². The SMILES string of the molecule is C=CC(=O)OCCCCCCOc1ccc(C(=O)ONc2ccc(C#N)cc2)cc1. The van der Waals surface area contributed by atoms with Crippen molar-refractivity contribution in [3.63, 3.8) is 0 Å². The molecule has 0 radical (unpaired) electrons. The predicted molar refractivity (Wildman–Crippen MR) is 112 cm³/mol. The minimum Gasteiger partial charge on any atom is -0.494 e. The highest BCUT2D eigenvalue weighted by molar-refractivity contribution is 5.90. The van der Waals surface area contributed by atoms with Crippen molar-refractivity contribution in [3.8, 4) is 11.8 Å². The molecule has 1 N–H and O–H groups in total. The molecule has 2 aromatic carbocycles. The predicted octanol–water partition coefficient (Wildman–Crippen LogP) is 4.41. The van der Waals surface area contributed by atoms with Gasteiger partial charge in [-0.15, -0.1) is 0 Å². The Bertz CT molecular complexity index is 870. The van der Waals surface area contributed by atoms with Gasteiger partial charge in [0.15, 0.2) is 0 Å². The van der Waals surface area contributed by atoms with Crippen LogP contribution in [-0.4, -0.2) is 25.2 Å². The summed E-state index contributed by atoms with van der Waals surface area (Å²) in [4.78, 5) is 28.0. The Morgan fingerprint density at radius 2 is 1.63 bits per heavy atom. The van der Waals surface area contributed by atoms with Gasteiger partial charge in [0.2, 0.25) is 0 Å². The lowest BCUT2D eigenvalue weighted by Gasteiger charge is -2.08. The first kappa shape index (κ1) is 22.5. The number of carbonyl (C=O) groups excluding carboxylic acids is 2. The van der Waals surface area contributed by atoms with E-state index >= 15 is 0 Å². The summed E-state index contributed by atoms with van der Waals surface area (Å²) >= 11 is 0. The molecule has 0 aliphatic carbocycles. The second-order valence-corrected chi connectivity index (χ2v) is 6.34. The smallest absolute Gasteiger partial charge is 0.362 e. The van der Waals surface area contributed by atoms with E-state index in [1.165, 1.54) is 0 Å². The standard InChI is InChI=1S/C23H24N2O5/c1-2-22(26)29-16-6-4-3-5-15-28-21-13-9-19(10-14-21)23(27)30-25-20-11-7-18(17-24)8-12-20/h2,7-14,25H,1,3-6,15-16H2. The number of carbonyl (C=O) groups is 2. The molecular formula is C23H24N2O5. The molecule has 2 aromatic rings. The van der Waals surface area contributed by atoms with E-state index in [1.807, 2.05) is 6.07 Å². The van der Waals surface area contributed by atoms with Gasteiger partial charge >= 0.3 is 11.9 Å². The van der Waals surface area contributed by atoms with Crippen LogP contribution in [0.4, 0.5) is 5.69 Å². The third-order valence-electron chi connectivity index (χ3n) is 4.08. The number of nitrogens with zero attached hydrogens (tertiary/aromatic N) is 1. The fourth-order valence-electron chi connectivity index (χ4n) is 2.44. The van der Waals surface area contributed by atoms with Crippen LogP contribution in [0.1, 0.15) is 41.6 Å². The molecule has 0 spiro atoms. The molecular weight excluding hydrogens is 384 g/mol. The molecule has 7 nitrogen and oxygen atoms in total. The summed E-state index contributed by atoms with van der Waals surface area (Å²) in [5.41, 5.74) is 4.04. The molecule has 7 heteroatoms. The Hall–Kier alpha value is -3.79. The van der Waals surface area contributed by atoms with Crippen LogP contribution < -0.4 is 10.2 Å². The molecule has 2 rings (SSSR count). The van der Waals surface area contributed by atoms with E-state index in [4.69, 9.17) is 19.6 Å². The Labute approximate surface area is 175 Å². The number of nitrogens with one attached hydrogen (secondary N) is 1. The molecule has 0 bridgehead atoms. The number of ether oxygens (including phenoxy) is 2. The minimum atomic E-state index is -0.525. The van der Waals surface area contributed by atoms with E-state index < -0.39 is 11.9 Å². The minimum absolute atomic E-state index is 0.387. The van der Waals surface area contributed by atoms with E-state index in [9.17, 15) is 9.59 Å². The van der Waals surface area contributed by atoms with Gasteiger partial charge < -0.3 is 14.3 Å². The fraction of sp³-hybridized carbons (Fsp3) is 0.261. The lowest BCUT2D eigenvalue weighted by molar-refractivity contribution is -0.137. The van der Waals surface area contributed by atoms with Crippen LogP contribution in [0.15, 0.2) is 61.2 Å². The Morgan fingerprint density at radius 1 is 0.967 bits per heavy atom. The van der Waals surface area contributed by atoms with Crippen LogP contribution in [0.5, 0.6) is 5.75 Å². The van der Waals surface area contributed by atoms with Gasteiger partial charge in [0.25, 0.3) is 0 Å². The van der Waals surface area contributed by atoms with Crippen LogP contribution in [0, 0.1) is 11.3 Å². The lowest BCUT2D eigenvalue weighted by atomic mass is 10.2. The van der Waals surface area contributed by atoms with Crippen molar-refractivity contribution in [1.82, 2.24) is 0 Å². The Kier molecular flexibility index (Phi) is 9.47. The lowest BCUT2D eigenvalue weighted by Crippen LogP contribution is -2.10. The summed E-state index contributed by atoms with van der Waals surface area (Å²) in [6.07, 6.45) is 4.77. The third kappa shape index (κ3) is 8.07. The molecule has 30 heavy (non-hydrogen) atoms. The molecule has 0 unspecified atom stereocenters. The highest BCUT2D eigenvalue weighted by Crippen LogP contribution is 2.15. The normalized spacial score (nSPS) is 9.83. The van der Waals surface area contributed by atoms with Crippen molar-refractivity contribution >= 4 is 17.6 Å². The molecule has 0 aliphatic heterocycles. The second-order valence-electron chi connectivity index (χ2n) is 6.34. The molecule has 0 aliphatic rings. The second kappa shape index (κ2) is 12.6. The van der Waals surface area contributed by atoms with E-state index in [2.05, 4.69) is 12.1 Å². The highest BCUT2D eigenvalue weighted by Gasteiger charge is 2.08. The van der Waals surface area contributed by atoms with Crippen molar-refractivity contribution in [1.29, 1.82) is 5.26 Å². The number of hydrogen-bond acceptors (Lipinski definition) is 7. The van der Waals surface area contributed by atoms with Crippen LogP contribution in [0.2, 0.25) is 0 Å². The van der Waals surface area contributed by atoms with Gasteiger partial charge in [-0.1, -0.05) is 6.58 Å². The fourth-order valence-corrected chi connectivity index (χ4v) is 2.44. The summed E-state index contributed by atoms with van der Waals surface area (Å²) in [6.45, 7) is 4.31. The third-order valence-corrected chi connectivity index (χ3v) is 4.08. The maximum Gasteiger partial charge on any atom is 0.362 e. The summed E-state index contributed by atoms with van der Waals surface area (Å²) in [7, 11) is 0. The number of esters is 1. The van der Waals surface area contributed by atoms with E-state index in [1.54, 1.807) is 48.5 Å². The van der Waals surface area contributed by atoms with Gasteiger partial charge in [0.05, 0.1) is 36.1 Å². The average Bonchev–Trinajstić information content (AvgIpc) is 2.79. The van der Waals surface area contributed by atoms with Gasteiger partial charge in [-0.25, -0.2) is 15.1 Å². The van der Waals surface area contributed by atoms with Crippen molar-refractivity contribution in [2.45, 2.75) is 25.7 Å². The first-order valence-corrected chi connectivity index (χ1v) is 9.62. The molecule has 0 aromatic heterocycles. The summed E-state index contributed by atoms with van der Waals surface area (Å²) < 4.78 is 10.6. The number of rotatable bonds is 12. The molecule has 0 saturated heterocycles. The van der Waals surface area contributed by atoms with Gasteiger partial charge in [0.1, 0.15) is 5.75 Å². The summed E-state index contributed by atoms with van der Waals surface area (Å²) in [5.74, 6) is -0.245. The molecule has 0 heterocycles. The van der Waals surface area contributed by atoms with Crippen LogP contribution >= 0.6 is 0 Å². The maximum atomic E-state index is 12.1. The summed E-state index contributed by atoms with van der Waals surface area (Å²) in [5, 5.41) is 8.77. The Morgan fingerprint density at radius 3 is 2.27 bits per heavy atom. The average molecular weight is 408 g/mol. The van der Waals surface area contributed by atoms with Gasteiger partial charge in [-0.3, -0.25) is 0 Å². The Balaban J connectivity index is 1.63. The first-order valence-electron chi connectivity index (χ1n) is 9.62. The van der Waals surface area contributed by atoms with Crippen molar-refractivity contribution in [2.24, 2.45) is 0 Å². The monoisotopic (exact) mass is 408 g/mol. The number of nitriles is 1. The molecule has 0 atom stereocenters. The topological polar surface area (TPSA) is 97.7 Å². The van der Waals surface area contributed by atoms with Crippen LogP contribution in [0.25, 0.3) is 0 Å². The number of hydrogen-bond donors (Lipinski definition) is 1. The molecule has 0 fully saturated rings. The quantitative estimate of drug-likeness (QED) is 0.240. The van der Waals surface area contributed by atoms with Crippen molar-refractivity contribution in [2.75, 3.05) is 18.7 Å². The first-order chi connectivity index (χ1) is 14.6. The highest BCUT2D eigenvalue weighted by atomic mass is 16.7. The maximum absolute atomic E-state index is 12.1. The largest absolute Gasteiger partial charge is 0.494 e. The molecule has 156 valence electrons. The number of anilines is 1. The molecule has 0 amide bonds. The number of benzene rings is 2. The van der Waals surface area contributed by atoms with Crippen LogP contribution in [-0.2, 0) is 14.4 Å². The van der Waals surface area contributed by atoms with Gasteiger partial charge in [0, 0.05) is 6.08 Å². The zero-order valence-corrected chi connectivity index (χ0v) is 16.6. The zero-order valence-electron chi connectivity index (χ0n) is 16.6. The van der Waals surface area contributed by atoms with Crippen LogP contribution in [0.3, 0.4) is 0 Å². The van der Waals surface area contributed by atoms with Gasteiger partial charge in [-0.2, -0.15) is 5.26 Å². The summed E-state index contributed by atoms with van der Waals surface area (Å²) in [6, 6.07) is 15.3. The zero-order chi connectivity index (χ0) is 21.6. The molecule has 0 saturated carbocycles. The van der Waals surface area contributed by atoms with Crippen molar-refractivity contribution < 1.29 is 23.9 Å². The van der Waals surface area contributed by atoms with Gasteiger partial charge in [-0.05, 0) is 74.2 Å². The number of unbranched alkanes of at least 4 members (excludes halogenated alkanes) is 3. The van der Waals surface area contributed by atoms with E-state index in [0.29, 0.717) is 35.8 Å². The van der Waals surface area contributed by atoms with E-state index in [-0.39, 0.29) is 0 Å².